The molecule has 1 aromatic rings. The van der Waals surface area contributed by atoms with E-state index >= 15 is 0 Å². The highest BCUT2D eigenvalue weighted by Crippen LogP contribution is 2.15. The van der Waals surface area contributed by atoms with E-state index in [-0.39, 0.29) is 0 Å². The van der Waals surface area contributed by atoms with E-state index in [9.17, 15) is 0 Å². The number of nitrogens with zero attached hydrogens (tertiary/aromatic N) is 3. The lowest BCUT2D eigenvalue weighted by Crippen LogP contribution is -2.30. The van der Waals surface area contributed by atoms with Crippen molar-refractivity contribution in [3.05, 3.63) is 16.4 Å². The van der Waals surface area contributed by atoms with Crippen LogP contribution in [0.25, 0.3) is 0 Å². The van der Waals surface area contributed by atoms with Gasteiger partial charge in [-0.05, 0) is 29.0 Å². The summed E-state index contributed by atoms with van der Waals surface area (Å²) >= 11 is 3.36. The van der Waals surface area contributed by atoms with Crippen LogP contribution in [0.15, 0.2) is 10.7 Å². The quantitative estimate of drug-likeness (QED) is 0.647. The van der Waals surface area contributed by atoms with E-state index in [1.54, 1.807) is 0 Å². The average molecular weight is 216 g/mol. The Morgan fingerprint density at radius 2 is 2.36 bits per heavy atom. The van der Waals surface area contributed by atoms with Crippen LogP contribution < -0.4 is 0 Å². The van der Waals surface area contributed by atoms with Crippen LogP contribution in [0, 0.1) is 0 Å². The molecule has 0 saturated carbocycles. The lowest BCUT2D eigenvalue weighted by molar-refractivity contribution is 0.259. The Bertz CT molecular complexity index is 269. The average Bonchev–Trinajstić information content (AvgIpc) is 2.27. The molecular weight excluding hydrogens is 206 g/mol. The predicted octanol–water partition coefficient (Wildman–Crippen LogP) is 1.09. The second kappa shape index (κ2) is 2.60. The molecule has 0 atom stereocenters. The molecule has 0 saturated heterocycles. The van der Waals surface area contributed by atoms with Crippen LogP contribution in [-0.2, 0) is 13.1 Å². The van der Waals surface area contributed by atoms with Gasteiger partial charge in [0.2, 0.25) is 0 Å². The monoisotopic (exact) mass is 215 g/mol. The molecule has 0 N–H and O–H groups in total. The molecular formula is C7H10BrN3. The molecule has 0 unspecified atom stereocenters. The van der Waals surface area contributed by atoms with Gasteiger partial charge in [0.15, 0.2) is 0 Å². The third-order valence-electron chi connectivity index (χ3n) is 1.96. The summed E-state index contributed by atoms with van der Waals surface area (Å²) in [5, 5.41) is 4.29. The first-order chi connectivity index (χ1) is 5.25. The van der Waals surface area contributed by atoms with E-state index in [2.05, 4.69) is 43.7 Å². The predicted molar refractivity (Wildman–Crippen MR) is 46.3 cm³/mol. The fourth-order valence-corrected chi connectivity index (χ4v) is 1.82. The summed E-state index contributed by atoms with van der Waals surface area (Å²) in [6.07, 6.45) is 0. The van der Waals surface area contributed by atoms with Crippen molar-refractivity contribution in [1.82, 2.24) is 14.7 Å². The zero-order valence-electron chi connectivity index (χ0n) is 6.42. The molecule has 2 heterocycles. The molecule has 4 heteroatoms. The molecule has 1 aliphatic heterocycles. The number of aromatic nitrogens is 2. The van der Waals surface area contributed by atoms with Crippen LogP contribution in [0.5, 0.6) is 0 Å². The topological polar surface area (TPSA) is 21.1 Å². The lowest BCUT2D eigenvalue weighted by Gasteiger charge is -2.22. The summed E-state index contributed by atoms with van der Waals surface area (Å²) in [6, 6.07) is 2.08. The molecule has 0 aliphatic carbocycles. The van der Waals surface area contributed by atoms with Gasteiger partial charge in [0.25, 0.3) is 0 Å². The smallest absolute Gasteiger partial charge is 0.128 e. The SMILES string of the molecule is CN1CCn2nc(Br)cc2C1. The minimum Gasteiger partial charge on any atom is -0.299 e. The van der Waals surface area contributed by atoms with Gasteiger partial charge in [0, 0.05) is 13.1 Å². The Morgan fingerprint density at radius 1 is 1.55 bits per heavy atom. The molecule has 0 amide bonds. The second-order valence-corrected chi connectivity index (χ2v) is 3.73. The molecule has 60 valence electrons. The van der Waals surface area contributed by atoms with Gasteiger partial charge in [-0.2, -0.15) is 5.10 Å². The first-order valence-corrected chi connectivity index (χ1v) is 4.46. The van der Waals surface area contributed by atoms with Crippen LogP contribution in [0.4, 0.5) is 0 Å². The van der Waals surface area contributed by atoms with Crippen LogP contribution in [-0.4, -0.2) is 28.3 Å². The van der Waals surface area contributed by atoms with Gasteiger partial charge < -0.3 is 0 Å². The number of halogens is 1. The Kier molecular flexibility index (Phi) is 1.73. The number of hydrogen-bond donors (Lipinski definition) is 0. The van der Waals surface area contributed by atoms with E-state index in [0.29, 0.717) is 0 Å². The Balaban J connectivity index is 2.34. The first-order valence-electron chi connectivity index (χ1n) is 3.66. The summed E-state index contributed by atoms with van der Waals surface area (Å²) in [6.45, 7) is 3.12. The molecule has 1 aromatic heterocycles. The van der Waals surface area contributed by atoms with Gasteiger partial charge in [-0.3, -0.25) is 9.58 Å². The summed E-state index contributed by atoms with van der Waals surface area (Å²) in [7, 11) is 2.13. The highest BCUT2D eigenvalue weighted by atomic mass is 79.9. The second-order valence-electron chi connectivity index (χ2n) is 2.92. The van der Waals surface area contributed by atoms with Gasteiger partial charge >= 0.3 is 0 Å². The minimum absolute atomic E-state index is 0.947. The number of likely N-dealkylation sites (N-methyl/N-ethyl adjacent to an activating group) is 1. The van der Waals surface area contributed by atoms with Crippen LogP contribution >= 0.6 is 15.9 Å². The summed E-state index contributed by atoms with van der Waals surface area (Å²) in [4.78, 5) is 2.30. The van der Waals surface area contributed by atoms with Crippen LogP contribution in [0.2, 0.25) is 0 Å². The zero-order chi connectivity index (χ0) is 7.84. The van der Waals surface area contributed by atoms with E-state index < -0.39 is 0 Å². The van der Waals surface area contributed by atoms with E-state index in [1.807, 2.05) is 0 Å². The van der Waals surface area contributed by atoms with Crippen molar-refractivity contribution in [2.75, 3.05) is 13.6 Å². The summed E-state index contributed by atoms with van der Waals surface area (Å²) in [5.74, 6) is 0. The van der Waals surface area contributed by atoms with Crippen molar-refractivity contribution < 1.29 is 0 Å². The number of hydrogen-bond acceptors (Lipinski definition) is 2. The molecule has 0 fully saturated rings. The highest BCUT2D eigenvalue weighted by molar-refractivity contribution is 9.10. The maximum absolute atomic E-state index is 4.29. The zero-order valence-corrected chi connectivity index (χ0v) is 8.00. The lowest BCUT2D eigenvalue weighted by atomic mass is 10.3. The number of fused-ring (bicyclic) bond motifs is 1. The van der Waals surface area contributed by atoms with Crippen molar-refractivity contribution >= 4 is 15.9 Å². The van der Waals surface area contributed by atoms with Gasteiger partial charge in [-0.15, -0.1) is 0 Å². The van der Waals surface area contributed by atoms with Crippen molar-refractivity contribution in [3.8, 4) is 0 Å². The highest BCUT2D eigenvalue weighted by Gasteiger charge is 2.13. The Hall–Kier alpha value is -0.350. The van der Waals surface area contributed by atoms with E-state index in [4.69, 9.17) is 0 Å². The third kappa shape index (κ3) is 1.32. The Labute approximate surface area is 74.1 Å². The standard InChI is InChI=1S/C7H10BrN3/c1-10-2-3-11-6(5-10)4-7(8)9-11/h4H,2-3,5H2,1H3. The maximum atomic E-state index is 4.29. The molecule has 0 radical (unpaired) electrons. The third-order valence-corrected chi connectivity index (χ3v) is 2.35. The molecule has 0 spiro atoms. The Morgan fingerprint density at radius 3 is 3.18 bits per heavy atom. The van der Waals surface area contributed by atoms with Gasteiger partial charge in [-0.25, -0.2) is 0 Å². The number of rotatable bonds is 0. The van der Waals surface area contributed by atoms with E-state index in [0.717, 1.165) is 24.2 Å². The van der Waals surface area contributed by atoms with Crippen LogP contribution in [0.1, 0.15) is 5.69 Å². The molecule has 2 rings (SSSR count). The molecule has 3 nitrogen and oxygen atoms in total. The summed E-state index contributed by atoms with van der Waals surface area (Å²) < 4.78 is 3.01. The molecule has 0 aromatic carbocycles. The van der Waals surface area contributed by atoms with Crippen molar-refractivity contribution in [2.45, 2.75) is 13.1 Å². The van der Waals surface area contributed by atoms with Gasteiger partial charge in [-0.1, -0.05) is 0 Å². The molecule has 1 aliphatic rings. The fourth-order valence-electron chi connectivity index (χ4n) is 1.36. The van der Waals surface area contributed by atoms with Crippen molar-refractivity contribution in [1.29, 1.82) is 0 Å². The molecule has 0 bridgehead atoms. The van der Waals surface area contributed by atoms with Crippen molar-refractivity contribution in [3.63, 3.8) is 0 Å². The fraction of sp³-hybridized carbons (Fsp3) is 0.571. The van der Waals surface area contributed by atoms with Crippen LogP contribution in [0.3, 0.4) is 0 Å². The van der Waals surface area contributed by atoms with Crippen molar-refractivity contribution in [2.24, 2.45) is 0 Å². The first kappa shape index (κ1) is 7.31. The summed E-state index contributed by atoms with van der Waals surface area (Å²) in [5.41, 5.74) is 1.30. The normalized spacial score (nSPS) is 18.4. The largest absolute Gasteiger partial charge is 0.299 e. The minimum atomic E-state index is 0.947. The van der Waals surface area contributed by atoms with Gasteiger partial charge in [0.05, 0.1) is 12.2 Å². The van der Waals surface area contributed by atoms with E-state index in [1.165, 1.54) is 5.69 Å². The molecule has 11 heavy (non-hydrogen) atoms. The van der Waals surface area contributed by atoms with Gasteiger partial charge in [0.1, 0.15) is 4.60 Å². The maximum Gasteiger partial charge on any atom is 0.128 e.